The number of nitrogens with zero attached hydrogens (tertiary/aromatic N) is 1. The highest BCUT2D eigenvalue weighted by atomic mass is 32.1. The summed E-state index contributed by atoms with van der Waals surface area (Å²) in [6.45, 7) is 0.0775. The van der Waals surface area contributed by atoms with Crippen LogP contribution in [0.1, 0.15) is 0 Å². The molecule has 0 saturated carbocycles. The number of carboxylic acid groups (broad SMARTS) is 1. The number of rotatable bonds is 3. The maximum absolute atomic E-state index is 11.4. The Hall–Kier alpha value is -1.70. The van der Waals surface area contributed by atoms with Gasteiger partial charge in [0.15, 0.2) is 0 Å². The van der Waals surface area contributed by atoms with E-state index in [1.54, 1.807) is 0 Å². The van der Waals surface area contributed by atoms with E-state index in [-0.39, 0.29) is 12.3 Å². The summed E-state index contributed by atoms with van der Waals surface area (Å²) in [6.07, 6.45) is -0.704. The molecule has 7 nitrogen and oxygen atoms in total. The second-order valence-corrected chi connectivity index (χ2v) is 2.95. The summed E-state index contributed by atoms with van der Waals surface area (Å²) in [5.74, 6) is -0.164. The van der Waals surface area contributed by atoms with Crippen molar-refractivity contribution in [1.29, 1.82) is 0 Å². The summed E-state index contributed by atoms with van der Waals surface area (Å²) in [4.78, 5) is 35.0. The third-order valence-corrected chi connectivity index (χ3v) is 1.75. The maximum Gasteiger partial charge on any atom is 0.511 e. The Morgan fingerprint density at radius 2 is 2.27 bits per heavy atom. The smallest absolute Gasteiger partial charge is 0.449 e. The third kappa shape index (κ3) is 2.62. The van der Waals surface area contributed by atoms with Gasteiger partial charge in [0.1, 0.15) is 0 Å². The number of carbonyl (C=O) groups is 1. The Morgan fingerprint density at radius 3 is 2.80 bits per heavy atom. The van der Waals surface area contributed by atoms with E-state index in [0.29, 0.717) is 0 Å². The monoisotopic (exact) mass is 232 g/mol. The molecule has 0 bridgehead atoms. The number of thiol groups is 1. The predicted octanol–water partition coefficient (Wildman–Crippen LogP) is -0.477. The van der Waals surface area contributed by atoms with Crippen molar-refractivity contribution in [1.82, 2.24) is 9.55 Å². The van der Waals surface area contributed by atoms with Crippen molar-refractivity contribution >= 4 is 18.8 Å². The van der Waals surface area contributed by atoms with Gasteiger partial charge in [-0.1, -0.05) is 0 Å². The lowest BCUT2D eigenvalue weighted by atomic mass is 10.5. The maximum atomic E-state index is 11.4. The molecule has 0 radical (unpaired) electrons. The highest BCUT2D eigenvalue weighted by Crippen LogP contribution is 1.97. The molecular formula is C7H8N2O5S. The molecule has 0 atom stereocenters. The lowest BCUT2D eigenvalue weighted by Gasteiger charge is -2.03. The molecule has 0 aromatic carbocycles. The number of aromatic amines is 1. The van der Waals surface area contributed by atoms with E-state index >= 15 is 0 Å². The average Bonchev–Trinajstić information content (AvgIpc) is 2.16. The first-order valence-corrected chi connectivity index (χ1v) is 4.53. The van der Waals surface area contributed by atoms with E-state index in [9.17, 15) is 14.4 Å². The van der Waals surface area contributed by atoms with Crippen LogP contribution in [0.25, 0.3) is 0 Å². The van der Waals surface area contributed by atoms with Crippen molar-refractivity contribution in [2.45, 2.75) is 6.54 Å². The Morgan fingerprint density at radius 1 is 1.60 bits per heavy atom. The number of H-pyrrole nitrogens is 1. The molecule has 0 amide bonds. The molecule has 1 heterocycles. The first-order chi connectivity index (χ1) is 7.06. The topological polar surface area (TPSA) is 101 Å². The zero-order valence-electron chi connectivity index (χ0n) is 7.47. The standard InChI is InChI=1S/C7H8N2O5S/c10-5-4(14-7(12)13)3-8-6(11)9(5)1-2-15/h3,15H,1-2H2,(H,8,11)(H,12,13). The van der Waals surface area contributed by atoms with Crippen LogP contribution in [0.2, 0.25) is 0 Å². The summed E-state index contributed by atoms with van der Waals surface area (Å²) in [5, 5.41) is 8.30. The molecule has 0 aliphatic carbocycles. The SMILES string of the molecule is O=C(O)Oc1c[nH]c(=O)n(CCS)c1=O. The number of hydrogen-bond acceptors (Lipinski definition) is 5. The largest absolute Gasteiger partial charge is 0.511 e. The number of nitrogens with one attached hydrogen (secondary N) is 1. The van der Waals surface area contributed by atoms with E-state index in [1.807, 2.05) is 0 Å². The van der Waals surface area contributed by atoms with Gasteiger partial charge in [-0.05, 0) is 0 Å². The van der Waals surface area contributed by atoms with E-state index in [4.69, 9.17) is 5.11 Å². The molecule has 0 spiro atoms. The number of hydrogen-bond donors (Lipinski definition) is 3. The van der Waals surface area contributed by atoms with Gasteiger partial charge in [-0.2, -0.15) is 12.6 Å². The first-order valence-electron chi connectivity index (χ1n) is 3.90. The molecule has 82 valence electrons. The lowest BCUT2D eigenvalue weighted by Crippen LogP contribution is -2.36. The number of aromatic nitrogens is 2. The molecule has 0 saturated heterocycles. The van der Waals surface area contributed by atoms with Crippen LogP contribution in [0, 0.1) is 0 Å². The van der Waals surface area contributed by atoms with Crippen LogP contribution < -0.4 is 16.0 Å². The van der Waals surface area contributed by atoms with Crippen molar-refractivity contribution in [2.75, 3.05) is 5.75 Å². The molecule has 0 fully saturated rings. The Bertz CT molecular complexity index is 477. The van der Waals surface area contributed by atoms with Gasteiger partial charge in [0, 0.05) is 12.3 Å². The van der Waals surface area contributed by atoms with Crippen LogP contribution >= 0.6 is 12.6 Å². The minimum absolute atomic E-state index is 0.0775. The highest BCUT2D eigenvalue weighted by Gasteiger charge is 2.10. The summed E-state index contributed by atoms with van der Waals surface area (Å²) in [6, 6.07) is 0. The van der Waals surface area contributed by atoms with Crippen LogP contribution in [-0.4, -0.2) is 26.6 Å². The van der Waals surface area contributed by atoms with Gasteiger partial charge in [0.25, 0.3) is 5.56 Å². The normalized spacial score (nSPS) is 9.93. The molecule has 15 heavy (non-hydrogen) atoms. The van der Waals surface area contributed by atoms with E-state index in [1.165, 1.54) is 0 Å². The average molecular weight is 232 g/mol. The van der Waals surface area contributed by atoms with Crippen molar-refractivity contribution in [3.05, 3.63) is 27.0 Å². The fourth-order valence-electron chi connectivity index (χ4n) is 0.962. The summed E-state index contributed by atoms with van der Waals surface area (Å²) in [5.41, 5.74) is -1.43. The Labute approximate surface area is 88.7 Å². The molecular weight excluding hydrogens is 224 g/mol. The fraction of sp³-hybridized carbons (Fsp3) is 0.286. The van der Waals surface area contributed by atoms with Gasteiger partial charge in [0.2, 0.25) is 5.75 Å². The van der Waals surface area contributed by atoms with Crippen molar-refractivity contribution in [3.63, 3.8) is 0 Å². The molecule has 0 aliphatic heterocycles. The molecule has 1 rings (SSSR count). The van der Waals surface area contributed by atoms with Gasteiger partial charge >= 0.3 is 11.8 Å². The van der Waals surface area contributed by atoms with Gasteiger partial charge in [0.05, 0.1) is 6.20 Å². The van der Waals surface area contributed by atoms with Crippen LogP contribution in [0.5, 0.6) is 5.75 Å². The quantitative estimate of drug-likeness (QED) is 0.482. The highest BCUT2D eigenvalue weighted by molar-refractivity contribution is 7.80. The first kappa shape index (κ1) is 11.4. The van der Waals surface area contributed by atoms with E-state index < -0.39 is 23.2 Å². The summed E-state index contributed by atoms with van der Waals surface area (Å²) < 4.78 is 4.99. The molecule has 0 unspecified atom stereocenters. The lowest BCUT2D eigenvalue weighted by molar-refractivity contribution is 0.143. The molecule has 0 aliphatic rings. The van der Waals surface area contributed by atoms with Crippen LogP contribution in [0.3, 0.4) is 0 Å². The van der Waals surface area contributed by atoms with Crippen LogP contribution in [0.4, 0.5) is 4.79 Å². The molecule has 1 aromatic heterocycles. The molecule has 8 heteroatoms. The van der Waals surface area contributed by atoms with Crippen LogP contribution in [0.15, 0.2) is 15.8 Å². The molecule has 1 aromatic rings. The van der Waals surface area contributed by atoms with Gasteiger partial charge in [-0.25, -0.2) is 9.59 Å². The minimum atomic E-state index is -1.61. The zero-order valence-corrected chi connectivity index (χ0v) is 8.36. The second kappa shape index (κ2) is 4.69. The Balaban J connectivity index is 3.22. The van der Waals surface area contributed by atoms with E-state index in [0.717, 1.165) is 10.8 Å². The fourth-order valence-corrected chi connectivity index (χ4v) is 1.16. The van der Waals surface area contributed by atoms with Crippen molar-refractivity contribution in [3.8, 4) is 5.75 Å². The number of ether oxygens (including phenoxy) is 1. The summed E-state index contributed by atoms with van der Waals surface area (Å²) >= 11 is 3.86. The predicted molar refractivity (Wildman–Crippen MR) is 53.8 cm³/mol. The van der Waals surface area contributed by atoms with Gasteiger partial charge in [-0.3, -0.25) is 9.36 Å². The van der Waals surface area contributed by atoms with Gasteiger partial charge in [-0.15, -0.1) is 0 Å². The second-order valence-electron chi connectivity index (χ2n) is 2.51. The van der Waals surface area contributed by atoms with Gasteiger partial charge < -0.3 is 14.8 Å². The zero-order chi connectivity index (χ0) is 11.4. The Kier molecular flexibility index (Phi) is 3.56. The van der Waals surface area contributed by atoms with E-state index in [2.05, 4.69) is 22.3 Å². The molecule has 2 N–H and O–H groups in total. The van der Waals surface area contributed by atoms with Crippen molar-refractivity contribution in [2.24, 2.45) is 0 Å². The minimum Gasteiger partial charge on any atom is -0.449 e. The summed E-state index contributed by atoms with van der Waals surface area (Å²) in [7, 11) is 0. The van der Waals surface area contributed by atoms with Crippen molar-refractivity contribution < 1.29 is 14.6 Å². The van der Waals surface area contributed by atoms with Crippen LogP contribution in [-0.2, 0) is 6.54 Å². The third-order valence-electron chi connectivity index (χ3n) is 1.55.